The van der Waals surface area contributed by atoms with Gasteiger partial charge in [0.2, 0.25) is 0 Å². The van der Waals surface area contributed by atoms with Crippen molar-refractivity contribution >= 4 is 21.8 Å². The maximum atomic E-state index is 12.8. The van der Waals surface area contributed by atoms with Crippen molar-refractivity contribution < 1.29 is 13.6 Å². The Hall–Kier alpha value is -2.09. The molecule has 22 heavy (non-hydrogen) atoms. The molecule has 2 aromatic rings. The van der Waals surface area contributed by atoms with Crippen molar-refractivity contribution in [1.82, 2.24) is 14.9 Å². The third kappa shape index (κ3) is 2.92. The van der Waals surface area contributed by atoms with Gasteiger partial charge in [0.15, 0.2) is 5.69 Å². The van der Waals surface area contributed by atoms with Crippen molar-refractivity contribution in [3.63, 3.8) is 0 Å². The van der Waals surface area contributed by atoms with E-state index in [4.69, 9.17) is 0 Å². The third-order valence-corrected chi connectivity index (χ3v) is 3.82. The molecule has 0 radical (unpaired) electrons. The summed E-state index contributed by atoms with van der Waals surface area (Å²) in [5.74, 6) is -0.649. The second-order valence-electron chi connectivity index (χ2n) is 4.45. The van der Waals surface area contributed by atoms with Crippen LogP contribution in [0.3, 0.4) is 0 Å². The first-order valence-electron chi connectivity index (χ1n) is 6.26. The number of aromatic nitrogens is 2. The Morgan fingerprint density at radius 1 is 1.41 bits per heavy atom. The van der Waals surface area contributed by atoms with E-state index in [1.165, 1.54) is 35.9 Å². The van der Waals surface area contributed by atoms with Crippen LogP contribution < -0.4 is 10.9 Å². The van der Waals surface area contributed by atoms with Crippen LogP contribution in [0.4, 0.5) is 8.78 Å². The van der Waals surface area contributed by atoms with Crippen LogP contribution in [0.1, 0.15) is 28.2 Å². The average Bonchev–Trinajstić information content (AvgIpc) is 2.50. The second-order valence-corrected chi connectivity index (χ2v) is 5.20. The van der Waals surface area contributed by atoms with E-state index in [-0.39, 0.29) is 21.5 Å². The number of hydrogen-bond donors (Lipinski definition) is 1. The Labute approximate surface area is 133 Å². The molecule has 0 unspecified atom stereocenters. The number of carbonyl (C=O) groups is 1. The number of carbonyl (C=O) groups excluding carboxylic acids is 1. The molecule has 1 aromatic carbocycles. The summed E-state index contributed by atoms with van der Waals surface area (Å²) in [5, 5.41) is 2.32. The van der Waals surface area contributed by atoms with Crippen molar-refractivity contribution in [3.8, 4) is 5.69 Å². The predicted molar refractivity (Wildman–Crippen MR) is 80.6 cm³/mol. The molecule has 0 saturated carbocycles. The highest BCUT2D eigenvalue weighted by molar-refractivity contribution is 9.10. The number of nitrogens with zero attached hydrogens (tertiary/aromatic N) is 2. The summed E-state index contributed by atoms with van der Waals surface area (Å²) in [7, 11) is 1.37. The van der Waals surface area contributed by atoms with Gasteiger partial charge in [-0.3, -0.25) is 14.2 Å². The van der Waals surface area contributed by atoms with Gasteiger partial charge in [-0.1, -0.05) is 12.1 Å². The molecular weight excluding hydrogens is 360 g/mol. The zero-order chi connectivity index (χ0) is 16.4. The van der Waals surface area contributed by atoms with Gasteiger partial charge in [-0.25, -0.2) is 13.8 Å². The molecule has 0 aliphatic carbocycles. The van der Waals surface area contributed by atoms with Crippen molar-refractivity contribution in [3.05, 3.63) is 56.2 Å². The number of halogens is 3. The van der Waals surface area contributed by atoms with Crippen molar-refractivity contribution in [1.29, 1.82) is 0 Å². The highest BCUT2D eigenvalue weighted by Crippen LogP contribution is 2.22. The Morgan fingerprint density at radius 3 is 2.68 bits per heavy atom. The summed E-state index contributed by atoms with van der Waals surface area (Å²) in [5.41, 5.74) is -0.551. The van der Waals surface area contributed by atoms with Crippen LogP contribution in [0.15, 0.2) is 33.7 Å². The van der Waals surface area contributed by atoms with E-state index in [1.807, 2.05) is 0 Å². The molecule has 0 atom stereocenters. The number of rotatable bonds is 3. The number of amides is 1. The maximum absolute atomic E-state index is 12.8. The smallest absolute Gasteiger partial charge is 0.287 e. The van der Waals surface area contributed by atoms with Gasteiger partial charge in [0.1, 0.15) is 4.60 Å². The second kappa shape index (κ2) is 6.35. The molecule has 2 rings (SSSR count). The van der Waals surface area contributed by atoms with Gasteiger partial charge < -0.3 is 5.32 Å². The Balaban J connectivity index is 2.75. The van der Waals surface area contributed by atoms with Crippen molar-refractivity contribution in [2.24, 2.45) is 0 Å². The molecule has 1 aromatic heterocycles. The first-order valence-corrected chi connectivity index (χ1v) is 7.05. The lowest BCUT2D eigenvalue weighted by Gasteiger charge is -2.13. The standard InChI is InChI=1S/C14H12BrF2N3O2/c1-7-11(15)19-10(13(21)18-2)14(22)20(7)9-5-3-4-8(6-9)12(16)17/h3-6,12H,1-2H3,(H,18,21). The van der Waals surface area contributed by atoms with E-state index < -0.39 is 17.9 Å². The molecule has 0 spiro atoms. The molecule has 1 heterocycles. The molecule has 8 heteroatoms. The van der Waals surface area contributed by atoms with Crippen LogP contribution in [-0.4, -0.2) is 22.5 Å². The lowest BCUT2D eigenvalue weighted by molar-refractivity contribution is 0.0955. The molecule has 0 bridgehead atoms. The first kappa shape index (κ1) is 16.3. The molecule has 1 amide bonds. The molecule has 0 fully saturated rings. The summed E-state index contributed by atoms with van der Waals surface area (Å²) in [6.45, 7) is 1.60. The SMILES string of the molecule is CNC(=O)c1nc(Br)c(C)n(-c2cccc(C(F)F)c2)c1=O. The number of nitrogens with one attached hydrogen (secondary N) is 1. The Kier molecular flexibility index (Phi) is 4.70. The van der Waals surface area contributed by atoms with Gasteiger partial charge in [-0.05, 0) is 35.0 Å². The molecule has 0 aliphatic heterocycles. The molecule has 5 nitrogen and oxygen atoms in total. The maximum Gasteiger partial charge on any atom is 0.287 e. The fourth-order valence-electron chi connectivity index (χ4n) is 1.95. The summed E-state index contributed by atoms with van der Waals surface area (Å²) < 4.78 is 27.1. The number of benzene rings is 1. The topological polar surface area (TPSA) is 64.0 Å². The average molecular weight is 372 g/mol. The van der Waals surface area contributed by atoms with Crippen LogP contribution in [0.5, 0.6) is 0 Å². The fourth-order valence-corrected chi connectivity index (χ4v) is 2.31. The Bertz CT molecular complexity index is 790. The quantitative estimate of drug-likeness (QED) is 0.901. The molecule has 116 valence electrons. The minimum absolute atomic E-state index is 0.210. The van der Waals surface area contributed by atoms with Crippen LogP contribution in [0.25, 0.3) is 5.69 Å². The van der Waals surface area contributed by atoms with E-state index in [1.54, 1.807) is 6.92 Å². The normalized spacial score (nSPS) is 10.8. The fraction of sp³-hybridized carbons (Fsp3) is 0.214. The highest BCUT2D eigenvalue weighted by atomic mass is 79.9. The van der Waals surface area contributed by atoms with Crippen LogP contribution in [-0.2, 0) is 0 Å². The van der Waals surface area contributed by atoms with Gasteiger partial charge >= 0.3 is 0 Å². The van der Waals surface area contributed by atoms with E-state index in [2.05, 4.69) is 26.2 Å². The molecular formula is C14H12BrF2N3O2. The summed E-state index contributed by atoms with van der Waals surface area (Å²) in [6.07, 6.45) is -2.65. The monoisotopic (exact) mass is 371 g/mol. The van der Waals surface area contributed by atoms with Gasteiger partial charge in [0.25, 0.3) is 17.9 Å². The third-order valence-electron chi connectivity index (χ3n) is 3.07. The minimum Gasteiger partial charge on any atom is -0.354 e. The number of alkyl halides is 2. The Morgan fingerprint density at radius 2 is 2.09 bits per heavy atom. The largest absolute Gasteiger partial charge is 0.354 e. The van der Waals surface area contributed by atoms with Crippen LogP contribution in [0, 0.1) is 6.92 Å². The molecule has 0 aliphatic rings. The van der Waals surface area contributed by atoms with Gasteiger partial charge in [0, 0.05) is 18.3 Å². The number of hydrogen-bond acceptors (Lipinski definition) is 3. The van der Waals surface area contributed by atoms with Crippen LogP contribution >= 0.6 is 15.9 Å². The predicted octanol–water partition coefficient (Wildman–Crippen LogP) is 2.60. The van der Waals surface area contributed by atoms with Gasteiger partial charge in [-0.15, -0.1) is 0 Å². The summed E-state index contributed by atoms with van der Waals surface area (Å²) in [4.78, 5) is 28.1. The van der Waals surface area contributed by atoms with E-state index in [0.717, 1.165) is 0 Å². The minimum atomic E-state index is -2.65. The summed E-state index contributed by atoms with van der Waals surface area (Å²) in [6, 6.07) is 5.42. The van der Waals surface area contributed by atoms with E-state index >= 15 is 0 Å². The summed E-state index contributed by atoms with van der Waals surface area (Å²) >= 11 is 3.17. The van der Waals surface area contributed by atoms with Crippen molar-refractivity contribution in [2.75, 3.05) is 7.05 Å². The first-order chi connectivity index (χ1) is 10.4. The zero-order valence-corrected chi connectivity index (χ0v) is 13.3. The lowest BCUT2D eigenvalue weighted by Crippen LogP contribution is -2.33. The van der Waals surface area contributed by atoms with E-state index in [9.17, 15) is 18.4 Å². The van der Waals surface area contributed by atoms with Crippen molar-refractivity contribution in [2.45, 2.75) is 13.3 Å². The molecule has 1 N–H and O–H groups in total. The van der Waals surface area contributed by atoms with Gasteiger partial charge in [-0.2, -0.15) is 0 Å². The highest BCUT2D eigenvalue weighted by Gasteiger charge is 2.19. The van der Waals surface area contributed by atoms with Gasteiger partial charge in [0.05, 0.1) is 5.69 Å². The van der Waals surface area contributed by atoms with E-state index in [0.29, 0.717) is 5.69 Å². The molecule has 0 saturated heterocycles. The van der Waals surface area contributed by atoms with Crippen LogP contribution in [0.2, 0.25) is 0 Å². The lowest BCUT2D eigenvalue weighted by atomic mass is 10.2. The zero-order valence-electron chi connectivity index (χ0n) is 11.7.